The van der Waals surface area contributed by atoms with Crippen molar-refractivity contribution in [3.63, 3.8) is 0 Å². The molecule has 2 fully saturated rings. The molecule has 0 aliphatic carbocycles. The molecule has 402 valence electrons. The Bertz CT molecular complexity index is 2920. The summed E-state index contributed by atoms with van der Waals surface area (Å²) in [6.45, 7) is 12.4. The molecule has 3 atom stereocenters. The van der Waals surface area contributed by atoms with E-state index < -0.39 is 64.2 Å². The van der Waals surface area contributed by atoms with E-state index in [9.17, 15) is 42.7 Å². The van der Waals surface area contributed by atoms with Gasteiger partial charge in [-0.05, 0) is 122 Å². The Morgan fingerprint density at radius 2 is 1.51 bits per heavy atom. The first-order chi connectivity index (χ1) is 36.1. The van der Waals surface area contributed by atoms with Gasteiger partial charge in [0.1, 0.15) is 30.0 Å². The molecule has 3 N–H and O–H groups in total. The van der Waals surface area contributed by atoms with Crippen LogP contribution < -0.4 is 25.2 Å². The van der Waals surface area contributed by atoms with Gasteiger partial charge in [-0.2, -0.15) is 18.4 Å². The van der Waals surface area contributed by atoms with Gasteiger partial charge >= 0.3 is 6.18 Å². The molecule has 1 aromatic heterocycles. The molecule has 7 rings (SSSR count). The number of nitrogens with one attached hydrogen (secondary N) is 2. The molecule has 76 heavy (non-hydrogen) atoms. The zero-order valence-corrected chi connectivity index (χ0v) is 44.9. The molecule has 20 heteroatoms. The number of unbranched alkanes of at least 4 members (excludes halogenated alkanes) is 1. The summed E-state index contributed by atoms with van der Waals surface area (Å²) in [6, 6.07) is 25.5. The number of halogens is 3. The highest BCUT2D eigenvalue weighted by Gasteiger charge is 2.51. The second-order valence-corrected chi connectivity index (χ2v) is 21.5. The number of amides is 4. The van der Waals surface area contributed by atoms with E-state index in [0.29, 0.717) is 37.7 Å². The van der Waals surface area contributed by atoms with Gasteiger partial charge < -0.3 is 39.8 Å². The maximum absolute atomic E-state index is 14.0. The number of aliphatic hydroxyl groups is 1. The topological polar surface area (TPSA) is 187 Å². The molecule has 0 saturated carbocycles. The Kier molecular flexibility index (Phi) is 18.4. The molecule has 4 amide bonds. The van der Waals surface area contributed by atoms with Gasteiger partial charge in [0.05, 0.1) is 51.7 Å². The lowest BCUT2D eigenvalue weighted by molar-refractivity contribution is -0.144. The number of anilines is 2. The van der Waals surface area contributed by atoms with Crippen molar-refractivity contribution in [3.8, 4) is 33.4 Å². The average Bonchev–Trinajstić information content (AvgIpc) is 4.05. The minimum atomic E-state index is -4.80. The number of likely N-dealkylation sites (tertiary alicyclic amines) is 1. The largest absolute Gasteiger partial charge is 0.494 e. The van der Waals surface area contributed by atoms with Crippen molar-refractivity contribution in [2.45, 2.75) is 104 Å². The Balaban J connectivity index is 0.777. The Hall–Kier alpha value is -6.76. The third-order valence-corrected chi connectivity index (χ3v) is 14.5. The summed E-state index contributed by atoms with van der Waals surface area (Å²) in [6.07, 6.45) is -3.53. The van der Waals surface area contributed by atoms with Gasteiger partial charge in [0.2, 0.25) is 17.7 Å². The third-order valence-electron chi connectivity index (χ3n) is 13.1. The summed E-state index contributed by atoms with van der Waals surface area (Å²) in [7, 11) is 0. The quantitative estimate of drug-likeness (QED) is 0.0469. The number of aryl methyl sites for hydroxylation is 1. The highest BCUT2D eigenvalue weighted by molar-refractivity contribution is 7.81. The van der Waals surface area contributed by atoms with Crippen LogP contribution in [0.1, 0.15) is 82.7 Å². The van der Waals surface area contributed by atoms with Crippen molar-refractivity contribution in [1.82, 2.24) is 20.5 Å². The van der Waals surface area contributed by atoms with Gasteiger partial charge in [-0.15, -0.1) is 11.3 Å². The van der Waals surface area contributed by atoms with E-state index in [-0.39, 0.29) is 49.4 Å². The molecule has 5 aromatic rings. The predicted molar refractivity (Wildman–Crippen MR) is 287 cm³/mol. The van der Waals surface area contributed by atoms with Crippen molar-refractivity contribution in [2.75, 3.05) is 49.4 Å². The number of thiocarbonyl (C=S) groups is 1. The number of thiazole rings is 1. The fourth-order valence-electron chi connectivity index (χ4n) is 9.02. The molecular weight excluding hydrogens is 1020 g/mol. The molecule has 4 aromatic carbocycles. The van der Waals surface area contributed by atoms with Crippen LogP contribution in [0.4, 0.5) is 24.5 Å². The van der Waals surface area contributed by atoms with Crippen LogP contribution in [0.3, 0.4) is 0 Å². The average molecular weight is 1080 g/mol. The Labute approximate surface area is 449 Å². The van der Waals surface area contributed by atoms with Crippen LogP contribution in [0.2, 0.25) is 0 Å². The predicted octanol–water partition coefficient (Wildman–Crippen LogP) is 8.98. The summed E-state index contributed by atoms with van der Waals surface area (Å²) in [5, 5.41) is 25.5. The number of aliphatic hydroxyl groups excluding tert-OH is 1. The number of aromatic nitrogens is 1. The summed E-state index contributed by atoms with van der Waals surface area (Å²) in [4.78, 5) is 63.5. The summed E-state index contributed by atoms with van der Waals surface area (Å²) in [5.74, 6) is -1.12. The van der Waals surface area contributed by atoms with Crippen molar-refractivity contribution >= 4 is 63.7 Å². The zero-order chi connectivity index (χ0) is 55.0. The first-order valence-electron chi connectivity index (χ1n) is 24.9. The minimum Gasteiger partial charge on any atom is -0.494 e. The van der Waals surface area contributed by atoms with E-state index in [0.717, 1.165) is 62.7 Å². The summed E-state index contributed by atoms with van der Waals surface area (Å²) >= 11 is 7.24. The van der Waals surface area contributed by atoms with Crippen LogP contribution in [0.5, 0.6) is 5.75 Å². The molecule has 0 unspecified atom stereocenters. The van der Waals surface area contributed by atoms with Crippen molar-refractivity contribution in [2.24, 2.45) is 5.41 Å². The van der Waals surface area contributed by atoms with E-state index in [2.05, 4.69) is 15.6 Å². The van der Waals surface area contributed by atoms with Gasteiger partial charge in [-0.3, -0.25) is 24.1 Å². The van der Waals surface area contributed by atoms with E-state index in [1.54, 1.807) is 53.8 Å². The molecule has 0 bridgehead atoms. The van der Waals surface area contributed by atoms with Crippen LogP contribution in [0, 0.1) is 23.7 Å². The lowest BCUT2D eigenvalue weighted by Crippen LogP contribution is -2.58. The number of carbonyl (C=O) groups excluding carboxylic acids is 4. The number of benzene rings is 4. The Morgan fingerprint density at radius 3 is 2.14 bits per heavy atom. The first-order valence-corrected chi connectivity index (χ1v) is 26.2. The molecule has 2 saturated heterocycles. The lowest BCUT2D eigenvalue weighted by Gasteiger charge is -2.35. The molecule has 2 aliphatic rings. The fourth-order valence-corrected chi connectivity index (χ4v) is 10.3. The van der Waals surface area contributed by atoms with Crippen LogP contribution in [0.25, 0.3) is 21.6 Å². The minimum absolute atomic E-state index is 0.0131. The SMILES string of the molecule is Cc1ncsc1-c1ccc(CNC(=O)[C@@H]2C[C@@H](O)CN2C(=O)[C@@H](NC(=O)COCCCOCCCCOc2ccc(-c3ccc(N4C(=S)N(c5ccc(C#N)c(C(F)(F)F)c5)C(=O)C4(C)C)cc3)cc2)C(C)(C)C)cc1. The smallest absolute Gasteiger partial charge is 0.417 e. The second kappa shape index (κ2) is 24.5. The van der Waals surface area contributed by atoms with E-state index in [4.69, 9.17) is 26.4 Å². The monoisotopic (exact) mass is 1080 g/mol. The summed E-state index contributed by atoms with van der Waals surface area (Å²) < 4.78 is 58.6. The van der Waals surface area contributed by atoms with Crippen molar-refractivity contribution in [3.05, 3.63) is 119 Å². The number of nitriles is 1. The van der Waals surface area contributed by atoms with Crippen molar-refractivity contribution in [1.29, 1.82) is 5.26 Å². The first kappa shape index (κ1) is 57.0. The summed E-state index contributed by atoms with van der Waals surface area (Å²) in [5.41, 5.74) is 3.35. The maximum atomic E-state index is 14.0. The molecule has 0 spiro atoms. The number of hydrogen-bond donors (Lipinski definition) is 3. The molecule has 2 aliphatic heterocycles. The lowest BCUT2D eigenvalue weighted by atomic mass is 9.85. The number of ether oxygens (including phenoxy) is 3. The van der Waals surface area contributed by atoms with E-state index >= 15 is 0 Å². The van der Waals surface area contributed by atoms with Gasteiger partial charge in [0, 0.05) is 45.0 Å². The maximum Gasteiger partial charge on any atom is 0.417 e. The van der Waals surface area contributed by atoms with Crippen LogP contribution in [-0.4, -0.2) is 107 Å². The zero-order valence-electron chi connectivity index (χ0n) is 43.2. The molecule has 3 heterocycles. The standard InChI is InChI=1S/C56H62F3N7O8S2/c1-35-48(76-34-62-35)39-12-10-36(11-13-39)31-61-50(69)46-29-43(67)32-64(46)51(70)49(54(2,3)4)63-47(68)33-73-26-9-25-72-24-7-8-27-74-44-22-17-38(18-23-44)37-14-19-41(20-15-37)66-53(75)65(52(71)55(66,5)6)42-21-16-40(30-60)45(28-42)56(57,58)59/h10-23,28,34,43,46,49,67H,7-9,24-27,29,31-33H2,1-6H3,(H,61,69)(H,63,68)/t43-,46+,49-/m1/s1. The number of rotatable bonds is 21. The van der Waals surface area contributed by atoms with Gasteiger partial charge in [0.25, 0.3) is 5.91 Å². The molecular formula is C56H62F3N7O8S2. The van der Waals surface area contributed by atoms with Crippen LogP contribution in [0.15, 0.2) is 96.5 Å². The fraction of sp³-hybridized carbons (Fsp3) is 0.411. The van der Waals surface area contributed by atoms with Gasteiger partial charge in [0.15, 0.2) is 5.11 Å². The van der Waals surface area contributed by atoms with E-state index in [1.807, 2.05) is 88.4 Å². The highest BCUT2D eigenvalue weighted by Crippen LogP contribution is 2.40. The van der Waals surface area contributed by atoms with Crippen LogP contribution >= 0.6 is 23.6 Å². The van der Waals surface area contributed by atoms with Crippen LogP contribution in [-0.2, 0) is 41.4 Å². The number of alkyl halides is 3. The number of nitrogens with zero attached hydrogens (tertiary/aromatic N) is 5. The molecule has 0 radical (unpaired) electrons. The Morgan fingerprint density at radius 1 is 0.895 bits per heavy atom. The number of carbonyl (C=O) groups is 4. The van der Waals surface area contributed by atoms with Gasteiger partial charge in [-0.1, -0.05) is 69.3 Å². The normalized spacial score (nSPS) is 16.9. The van der Waals surface area contributed by atoms with E-state index in [1.165, 1.54) is 11.0 Å². The number of β-amino-alcohol motifs (C(OH)–C–C–N with tert-alkyl or cyclic N) is 1. The van der Waals surface area contributed by atoms with Crippen molar-refractivity contribution < 1.29 is 51.7 Å². The molecule has 15 nitrogen and oxygen atoms in total. The highest BCUT2D eigenvalue weighted by atomic mass is 32.1. The number of hydrogen-bond acceptors (Lipinski definition) is 12. The van der Waals surface area contributed by atoms with Gasteiger partial charge in [-0.25, -0.2) is 4.98 Å². The third kappa shape index (κ3) is 13.6. The second-order valence-electron chi connectivity index (χ2n) is 20.2.